The Morgan fingerprint density at radius 2 is 1.86 bits per heavy atom. The molecule has 1 aliphatic carbocycles. The van der Waals surface area contributed by atoms with E-state index in [9.17, 15) is 9.59 Å². The molecule has 0 aromatic heterocycles. The monoisotopic (exact) mass is 419 g/mol. The van der Waals surface area contributed by atoms with Crippen molar-refractivity contribution >= 4 is 24.2 Å². The quantitative estimate of drug-likeness (QED) is 0.771. The Bertz CT molecular complexity index is 691. The fourth-order valence-electron chi connectivity index (χ4n) is 5.47. The summed E-state index contributed by atoms with van der Waals surface area (Å²) >= 11 is 0. The molecule has 160 valence electrons. The molecule has 0 spiro atoms. The first-order chi connectivity index (χ1) is 13.7. The van der Waals surface area contributed by atoms with E-state index in [2.05, 4.69) is 41.0 Å². The first kappa shape index (κ1) is 22.1. The Kier molecular flexibility index (Phi) is 7.58. The zero-order chi connectivity index (χ0) is 19.4. The summed E-state index contributed by atoms with van der Waals surface area (Å²) in [5.41, 5.74) is 1.10. The SMILES string of the molecule is Cl.O=C(CNC(=O)[C@@]12CCCC[C@H]1CNC2)N1CCC(Cc2ccccc2)CC1. The maximum absolute atomic E-state index is 12.9. The van der Waals surface area contributed by atoms with Crippen molar-refractivity contribution in [1.82, 2.24) is 15.5 Å². The minimum absolute atomic E-state index is 0. The van der Waals surface area contributed by atoms with E-state index in [1.54, 1.807) is 0 Å². The highest BCUT2D eigenvalue weighted by Gasteiger charge is 2.49. The van der Waals surface area contributed by atoms with Gasteiger partial charge in [-0.25, -0.2) is 0 Å². The van der Waals surface area contributed by atoms with Gasteiger partial charge in [0.25, 0.3) is 0 Å². The summed E-state index contributed by atoms with van der Waals surface area (Å²) in [4.78, 5) is 27.5. The highest BCUT2D eigenvalue weighted by Crippen LogP contribution is 2.43. The normalized spacial score (nSPS) is 27.0. The molecule has 4 rings (SSSR count). The van der Waals surface area contributed by atoms with E-state index < -0.39 is 0 Å². The molecule has 2 aliphatic heterocycles. The van der Waals surface area contributed by atoms with Gasteiger partial charge in [0.1, 0.15) is 0 Å². The van der Waals surface area contributed by atoms with Crippen LogP contribution in [0.2, 0.25) is 0 Å². The highest BCUT2D eigenvalue weighted by atomic mass is 35.5. The smallest absolute Gasteiger partial charge is 0.241 e. The van der Waals surface area contributed by atoms with Gasteiger partial charge in [-0.3, -0.25) is 9.59 Å². The molecule has 1 aromatic rings. The standard InChI is InChI=1S/C23H33N3O2.ClH/c27-21(16-25-22(28)23-11-5-4-8-20(23)15-24-17-23)26-12-9-19(10-13-26)14-18-6-2-1-3-7-18;/h1-3,6-7,19-20,24H,4-5,8-17H2,(H,25,28);1H/t20-,23+;/m0./s1. The van der Waals surface area contributed by atoms with E-state index in [0.29, 0.717) is 11.8 Å². The maximum atomic E-state index is 12.9. The second-order valence-corrected chi connectivity index (χ2v) is 8.93. The molecular weight excluding hydrogens is 386 g/mol. The number of amides is 2. The number of hydrogen-bond donors (Lipinski definition) is 2. The molecule has 2 saturated heterocycles. The van der Waals surface area contributed by atoms with E-state index in [1.165, 1.54) is 12.0 Å². The number of nitrogens with one attached hydrogen (secondary N) is 2. The number of hydrogen-bond acceptors (Lipinski definition) is 3. The molecule has 1 saturated carbocycles. The molecular formula is C23H34ClN3O2. The first-order valence-corrected chi connectivity index (χ1v) is 11.0. The summed E-state index contributed by atoms with van der Waals surface area (Å²) in [5.74, 6) is 1.24. The van der Waals surface area contributed by atoms with Crippen molar-refractivity contribution in [1.29, 1.82) is 0 Å². The molecule has 2 amide bonds. The minimum atomic E-state index is -0.277. The van der Waals surface area contributed by atoms with Gasteiger partial charge in [0.15, 0.2) is 0 Å². The number of carbonyl (C=O) groups is 2. The van der Waals surface area contributed by atoms with Crippen LogP contribution >= 0.6 is 12.4 Å². The molecule has 2 atom stereocenters. The molecule has 2 heterocycles. The zero-order valence-electron chi connectivity index (χ0n) is 17.2. The van der Waals surface area contributed by atoms with Crippen molar-refractivity contribution in [2.24, 2.45) is 17.3 Å². The number of likely N-dealkylation sites (tertiary alicyclic amines) is 1. The van der Waals surface area contributed by atoms with Gasteiger partial charge < -0.3 is 15.5 Å². The Morgan fingerprint density at radius 3 is 2.62 bits per heavy atom. The van der Waals surface area contributed by atoms with Gasteiger partial charge in [0, 0.05) is 19.6 Å². The zero-order valence-corrected chi connectivity index (χ0v) is 18.0. The van der Waals surface area contributed by atoms with Gasteiger partial charge in [-0.15, -0.1) is 12.4 Å². The van der Waals surface area contributed by atoms with Gasteiger partial charge >= 0.3 is 0 Å². The first-order valence-electron chi connectivity index (χ1n) is 11.0. The van der Waals surface area contributed by atoms with Crippen LogP contribution in [0.25, 0.3) is 0 Å². The number of halogens is 1. The van der Waals surface area contributed by atoms with Crippen LogP contribution in [0, 0.1) is 17.3 Å². The third-order valence-corrected chi connectivity index (χ3v) is 7.22. The molecule has 3 fully saturated rings. The third kappa shape index (κ3) is 4.95. The van der Waals surface area contributed by atoms with Crippen molar-refractivity contribution in [3.05, 3.63) is 35.9 Å². The minimum Gasteiger partial charge on any atom is -0.346 e. The number of piperidine rings is 1. The molecule has 5 nitrogen and oxygen atoms in total. The van der Waals surface area contributed by atoms with Crippen LogP contribution in [0.1, 0.15) is 44.1 Å². The topological polar surface area (TPSA) is 61.4 Å². The van der Waals surface area contributed by atoms with Gasteiger partial charge in [0.2, 0.25) is 11.8 Å². The van der Waals surface area contributed by atoms with Crippen LogP contribution in [-0.4, -0.2) is 49.4 Å². The molecule has 6 heteroatoms. The molecule has 0 radical (unpaired) electrons. The number of rotatable bonds is 5. The van der Waals surface area contributed by atoms with Crippen LogP contribution in [0.3, 0.4) is 0 Å². The third-order valence-electron chi connectivity index (χ3n) is 7.22. The lowest BCUT2D eigenvalue weighted by Gasteiger charge is -2.37. The van der Waals surface area contributed by atoms with Gasteiger partial charge in [-0.2, -0.15) is 0 Å². The van der Waals surface area contributed by atoms with E-state index in [4.69, 9.17) is 0 Å². The summed E-state index contributed by atoms with van der Waals surface area (Å²) in [5, 5.41) is 6.40. The molecule has 1 aromatic carbocycles. The van der Waals surface area contributed by atoms with Crippen molar-refractivity contribution in [2.45, 2.75) is 44.9 Å². The molecule has 3 aliphatic rings. The molecule has 2 N–H and O–H groups in total. The maximum Gasteiger partial charge on any atom is 0.241 e. The molecule has 0 unspecified atom stereocenters. The Labute approximate surface area is 180 Å². The highest BCUT2D eigenvalue weighted by molar-refractivity contribution is 5.88. The van der Waals surface area contributed by atoms with E-state index in [-0.39, 0.29) is 36.2 Å². The molecule has 0 bridgehead atoms. The lowest BCUT2D eigenvalue weighted by Crippen LogP contribution is -2.51. The lowest BCUT2D eigenvalue weighted by molar-refractivity contribution is -0.138. The van der Waals surface area contributed by atoms with Crippen molar-refractivity contribution < 1.29 is 9.59 Å². The number of fused-ring (bicyclic) bond motifs is 1. The van der Waals surface area contributed by atoms with Crippen LogP contribution in [0.5, 0.6) is 0 Å². The number of carbonyl (C=O) groups excluding carboxylic acids is 2. The summed E-state index contributed by atoms with van der Waals surface area (Å²) in [6.07, 6.45) is 7.61. The second kappa shape index (κ2) is 9.94. The Balaban J connectivity index is 0.00000240. The summed E-state index contributed by atoms with van der Waals surface area (Å²) in [7, 11) is 0. The predicted octanol–water partition coefficient (Wildman–Crippen LogP) is 2.79. The largest absolute Gasteiger partial charge is 0.346 e. The summed E-state index contributed by atoms with van der Waals surface area (Å²) in [6, 6.07) is 10.6. The van der Waals surface area contributed by atoms with Crippen molar-refractivity contribution in [3.63, 3.8) is 0 Å². The average molecular weight is 420 g/mol. The van der Waals surface area contributed by atoms with Gasteiger partial charge in [-0.05, 0) is 56.0 Å². The van der Waals surface area contributed by atoms with Crippen LogP contribution < -0.4 is 10.6 Å². The Hall–Kier alpha value is -1.59. The van der Waals surface area contributed by atoms with Crippen molar-refractivity contribution in [2.75, 3.05) is 32.7 Å². The lowest BCUT2D eigenvalue weighted by atomic mass is 9.67. The summed E-state index contributed by atoms with van der Waals surface area (Å²) < 4.78 is 0. The molecule has 29 heavy (non-hydrogen) atoms. The Morgan fingerprint density at radius 1 is 1.10 bits per heavy atom. The van der Waals surface area contributed by atoms with Crippen LogP contribution in [0.4, 0.5) is 0 Å². The summed E-state index contributed by atoms with van der Waals surface area (Å²) in [6.45, 7) is 3.47. The van der Waals surface area contributed by atoms with E-state index >= 15 is 0 Å². The van der Waals surface area contributed by atoms with Crippen molar-refractivity contribution in [3.8, 4) is 0 Å². The van der Waals surface area contributed by atoms with Crippen LogP contribution in [-0.2, 0) is 16.0 Å². The van der Waals surface area contributed by atoms with Gasteiger partial charge in [0.05, 0.1) is 12.0 Å². The van der Waals surface area contributed by atoms with E-state index in [1.807, 2.05) is 4.90 Å². The van der Waals surface area contributed by atoms with E-state index in [0.717, 1.165) is 64.7 Å². The average Bonchev–Trinajstić information content (AvgIpc) is 3.18. The number of nitrogens with zero attached hydrogens (tertiary/aromatic N) is 1. The fourth-order valence-corrected chi connectivity index (χ4v) is 5.47. The predicted molar refractivity (Wildman–Crippen MR) is 117 cm³/mol. The fraction of sp³-hybridized carbons (Fsp3) is 0.652. The number of benzene rings is 1. The van der Waals surface area contributed by atoms with Gasteiger partial charge in [-0.1, -0.05) is 43.2 Å². The second-order valence-electron chi connectivity index (χ2n) is 8.93. The van der Waals surface area contributed by atoms with Crippen LogP contribution in [0.15, 0.2) is 30.3 Å².